The number of carboxylic acids is 1. The van der Waals surface area contributed by atoms with Gasteiger partial charge in [0, 0.05) is 22.8 Å². The van der Waals surface area contributed by atoms with Crippen LogP contribution >= 0.6 is 11.3 Å². The van der Waals surface area contributed by atoms with E-state index in [0.717, 1.165) is 21.1 Å². The highest BCUT2D eigenvalue weighted by Crippen LogP contribution is 2.32. The lowest BCUT2D eigenvalue weighted by molar-refractivity contribution is -0.138. The van der Waals surface area contributed by atoms with E-state index in [4.69, 9.17) is 5.11 Å². The van der Waals surface area contributed by atoms with E-state index in [0.29, 0.717) is 0 Å². The van der Waals surface area contributed by atoms with Gasteiger partial charge in [0.15, 0.2) is 0 Å². The van der Waals surface area contributed by atoms with Crippen LogP contribution in [0, 0.1) is 6.92 Å². The number of pyridine rings is 1. The van der Waals surface area contributed by atoms with E-state index in [-0.39, 0.29) is 0 Å². The maximum Gasteiger partial charge on any atom is 0.311 e. The summed E-state index contributed by atoms with van der Waals surface area (Å²) in [5.41, 5.74) is 1.76. The van der Waals surface area contributed by atoms with Gasteiger partial charge in [-0.3, -0.25) is 9.78 Å². The first-order valence-corrected chi connectivity index (χ1v) is 6.01. The zero-order chi connectivity index (χ0) is 12.4. The molecule has 0 amide bonds. The van der Waals surface area contributed by atoms with Gasteiger partial charge >= 0.3 is 5.97 Å². The Bertz CT molecular complexity index is 537. The number of aromatic nitrogens is 2. The average molecular weight is 248 g/mol. The minimum absolute atomic E-state index is 0.511. The second-order valence-electron chi connectivity index (χ2n) is 3.76. The van der Waals surface area contributed by atoms with Crippen molar-refractivity contribution >= 4 is 17.3 Å². The standard InChI is InChI=1S/C12H12N2O2S/c1-7(12(15)16)10-8(2)14-11(17-10)9-3-5-13-6-4-9/h3-7H,1-2H3,(H,15,16). The van der Waals surface area contributed by atoms with Crippen LogP contribution in [0.1, 0.15) is 23.4 Å². The summed E-state index contributed by atoms with van der Waals surface area (Å²) < 4.78 is 0. The normalized spacial score (nSPS) is 12.4. The molecule has 0 fully saturated rings. The van der Waals surface area contributed by atoms with Crippen molar-refractivity contribution in [3.8, 4) is 10.6 Å². The maximum absolute atomic E-state index is 11.0. The van der Waals surface area contributed by atoms with Gasteiger partial charge in [0.05, 0.1) is 11.6 Å². The molecule has 2 rings (SSSR count). The molecular formula is C12H12N2O2S. The van der Waals surface area contributed by atoms with Crippen molar-refractivity contribution in [1.29, 1.82) is 0 Å². The molecule has 4 nitrogen and oxygen atoms in total. The molecule has 0 saturated carbocycles. The monoisotopic (exact) mass is 248 g/mol. The van der Waals surface area contributed by atoms with E-state index in [1.165, 1.54) is 11.3 Å². The Morgan fingerprint density at radius 2 is 2.06 bits per heavy atom. The van der Waals surface area contributed by atoms with Gasteiger partial charge in [-0.25, -0.2) is 4.98 Å². The van der Waals surface area contributed by atoms with Crippen LogP contribution in [-0.2, 0) is 4.79 Å². The number of hydrogen-bond acceptors (Lipinski definition) is 4. The van der Waals surface area contributed by atoms with E-state index in [2.05, 4.69) is 9.97 Å². The fraction of sp³-hybridized carbons (Fsp3) is 0.250. The number of thiazole rings is 1. The molecule has 1 N–H and O–H groups in total. The topological polar surface area (TPSA) is 63.1 Å². The van der Waals surface area contributed by atoms with Gasteiger partial charge in [0.2, 0.25) is 0 Å². The Morgan fingerprint density at radius 1 is 1.41 bits per heavy atom. The lowest BCUT2D eigenvalue weighted by Crippen LogP contribution is -2.06. The second-order valence-corrected chi connectivity index (χ2v) is 4.80. The van der Waals surface area contributed by atoms with Crippen LogP contribution in [0.15, 0.2) is 24.5 Å². The lowest BCUT2D eigenvalue weighted by Gasteiger charge is -2.02. The Hall–Kier alpha value is -1.75. The van der Waals surface area contributed by atoms with Gasteiger partial charge in [0.1, 0.15) is 5.01 Å². The molecular weight excluding hydrogens is 236 g/mol. The van der Waals surface area contributed by atoms with Crippen LogP contribution in [0.4, 0.5) is 0 Å². The summed E-state index contributed by atoms with van der Waals surface area (Å²) in [5.74, 6) is -1.33. The third kappa shape index (κ3) is 2.34. The highest BCUT2D eigenvalue weighted by atomic mass is 32.1. The Morgan fingerprint density at radius 3 is 2.65 bits per heavy atom. The largest absolute Gasteiger partial charge is 0.481 e. The van der Waals surface area contributed by atoms with E-state index >= 15 is 0 Å². The smallest absolute Gasteiger partial charge is 0.311 e. The summed E-state index contributed by atoms with van der Waals surface area (Å²) in [6.07, 6.45) is 3.40. The molecule has 0 saturated heterocycles. The van der Waals surface area contributed by atoms with Crippen molar-refractivity contribution in [2.24, 2.45) is 0 Å². The molecule has 0 spiro atoms. The third-order valence-corrected chi connectivity index (χ3v) is 3.91. The first kappa shape index (κ1) is 11.7. The predicted octanol–water partition coefficient (Wildman–Crippen LogP) is 2.70. The minimum atomic E-state index is -0.821. The molecule has 0 radical (unpaired) electrons. The zero-order valence-electron chi connectivity index (χ0n) is 9.54. The summed E-state index contributed by atoms with van der Waals surface area (Å²) in [4.78, 5) is 20.1. The second kappa shape index (κ2) is 4.63. The van der Waals surface area contributed by atoms with E-state index < -0.39 is 11.9 Å². The highest BCUT2D eigenvalue weighted by Gasteiger charge is 2.20. The number of aliphatic carboxylic acids is 1. The summed E-state index contributed by atoms with van der Waals surface area (Å²) in [5, 5.41) is 9.85. The molecule has 17 heavy (non-hydrogen) atoms. The summed E-state index contributed by atoms with van der Waals surface area (Å²) in [6, 6.07) is 3.74. The van der Waals surface area contributed by atoms with Crippen LogP contribution in [0.3, 0.4) is 0 Å². The minimum Gasteiger partial charge on any atom is -0.481 e. The number of carboxylic acid groups (broad SMARTS) is 1. The highest BCUT2D eigenvalue weighted by molar-refractivity contribution is 7.15. The molecule has 88 valence electrons. The summed E-state index contributed by atoms with van der Waals surface area (Å²) >= 11 is 1.43. The molecule has 2 aromatic rings. The van der Waals surface area contributed by atoms with Crippen LogP contribution in [0.2, 0.25) is 0 Å². The van der Waals surface area contributed by atoms with Gasteiger partial charge in [-0.2, -0.15) is 0 Å². The number of rotatable bonds is 3. The quantitative estimate of drug-likeness (QED) is 0.907. The average Bonchev–Trinajstić information content (AvgIpc) is 2.71. The van der Waals surface area contributed by atoms with E-state index in [1.54, 1.807) is 19.3 Å². The van der Waals surface area contributed by atoms with Crippen LogP contribution in [-0.4, -0.2) is 21.0 Å². The number of nitrogens with zero attached hydrogens (tertiary/aromatic N) is 2. The third-order valence-electron chi connectivity index (χ3n) is 2.52. The molecule has 5 heteroatoms. The molecule has 1 unspecified atom stereocenters. The van der Waals surface area contributed by atoms with E-state index in [1.807, 2.05) is 19.1 Å². The maximum atomic E-state index is 11.0. The molecule has 0 bridgehead atoms. The fourth-order valence-corrected chi connectivity index (χ4v) is 2.66. The van der Waals surface area contributed by atoms with E-state index in [9.17, 15) is 4.79 Å². The number of aryl methyl sites for hydroxylation is 1. The summed E-state index contributed by atoms with van der Waals surface area (Å²) in [6.45, 7) is 3.52. The van der Waals surface area contributed by atoms with Gasteiger partial charge in [-0.05, 0) is 26.0 Å². The van der Waals surface area contributed by atoms with Crippen molar-refractivity contribution in [2.45, 2.75) is 19.8 Å². The Labute approximate surface area is 103 Å². The molecule has 1 atom stereocenters. The van der Waals surface area contributed by atoms with Gasteiger partial charge in [-0.1, -0.05) is 0 Å². The first-order chi connectivity index (χ1) is 8.09. The molecule has 2 aromatic heterocycles. The van der Waals surface area contributed by atoms with Crippen molar-refractivity contribution in [3.05, 3.63) is 35.1 Å². The van der Waals surface area contributed by atoms with Crippen molar-refractivity contribution in [3.63, 3.8) is 0 Å². The number of carbonyl (C=O) groups is 1. The molecule has 0 aromatic carbocycles. The molecule has 2 heterocycles. The molecule has 0 aliphatic carbocycles. The fourth-order valence-electron chi connectivity index (χ4n) is 1.54. The van der Waals surface area contributed by atoms with Gasteiger partial charge < -0.3 is 5.11 Å². The van der Waals surface area contributed by atoms with Crippen molar-refractivity contribution < 1.29 is 9.90 Å². The van der Waals surface area contributed by atoms with Crippen LogP contribution < -0.4 is 0 Å². The van der Waals surface area contributed by atoms with Crippen LogP contribution in [0.5, 0.6) is 0 Å². The van der Waals surface area contributed by atoms with Gasteiger partial charge in [0.25, 0.3) is 0 Å². The molecule has 0 aliphatic rings. The summed E-state index contributed by atoms with van der Waals surface area (Å²) in [7, 11) is 0. The van der Waals surface area contributed by atoms with Crippen LogP contribution in [0.25, 0.3) is 10.6 Å². The van der Waals surface area contributed by atoms with Crippen molar-refractivity contribution in [1.82, 2.24) is 9.97 Å². The number of hydrogen-bond donors (Lipinski definition) is 1. The van der Waals surface area contributed by atoms with Crippen molar-refractivity contribution in [2.75, 3.05) is 0 Å². The SMILES string of the molecule is Cc1nc(-c2ccncc2)sc1C(C)C(=O)O. The van der Waals surface area contributed by atoms with Gasteiger partial charge in [-0.15, -0.1) is 11.3 Å². The Kier molecular flexibility index (Phi) is 3.19. The predicted molar refractivity (Wildman–Crippen MR) is 66.1 cm³/mol. The first-order valence-electron chi connectivity index (χ1n) is 5.20. The molecule has 0 aliphatic heterocycles. The zero-order valence-corrected chi connectivity index (χ0v) is 10.4. The lowest BCUT2D eigenvalue weighted by atomic mass is 10.1. The Balaban J connectivity index is 2.41.